The summed E-state index contributed by atoms with van der Waals surface area (Å²) in [6.07, 6.45) is -2.09. The molecule has 0 saturated carbocycles. The van der Waals surface area contributed by atoms with Crippen molar-refractivity contribution >= 4 is 5.91 Å². The number of rotatable bonds is 8. The van der Waals surface area contributed by atoms with E-state index in [1.165, 1.54) is 18.3 Å². The number of nitrogens with one attached hydrogen (secondary N) is 1. The van der Waals surface area contributed by atoms with Gasteiger partial charge in [-0.1, -0.05) is 17.3 Å². The van der Waals surface area contributed by atoms with E-state index in [4.69, 9.17) is 4.52 Å². The first-order chi connectivity index (χ1) is 16.3. The molecule has 2 aromatic carbocycles. The minimum absolute atomic E-state index is 0.163. The minimum atomic E-state index is -4.50. The first-order valence-electron chi connectivity index (χ1n) is 10.4. The summed E-state index contributed by atoms with van der Waals surface area (Å²) in [5.74, 6) is 0.221. The van der Waals surface area contributed by atoms with Crippen molar-refractivity contribution in [3.8, 4) is 17.1 Å². The fraction of sp³-hybridized carbons (Fsp3) is 0.217. The molecule has 2 heterocycles. The van der Waals surface area contributed by atoms with Gasteiger partial charge in [0.2, 0.25) is 17.6 Å². The van der Waals surface area contributed by atoms with Crippen LogP contribution in [0.3, 0.4) is 0 Å². The SMILES string of the molecule is O=C(CCCc1nc(-c2ccc(F)cc2)no1)NCc1ccc(-n2ccc(C(F)(F)F)n2)cc1. The molecule has 7 nitrogen and oxygen atoms in total. The van der Waals surface area contributed by atoms with E-state index in [9.17, 15) is 22.4 Å². The van der Waals surface area contributed by atoms with Gasteiger partial charge in [-0.05, 0) is 54.4 Å². The van der Waals surface area contributed by atoms with Gasteiger partial charge >= 0.3 is 6.18 Å². The Labute approximate surface area is 191 Å². The zero-order chi connectivity index (χ0) is 24.1. The van der Waals surface area contributed by atoms with Gasteiger partial charge < -0.3 is 9.84 Å². The largest absolute Gasteiger partial charge is 0.435 e. The molecule has 4 rings (SSSR count). The van der Waals surface area contributed by atoms with Crippen molar-refractivity contribution in [3.63, 3.8) is 0 Å². The van der Waals surface area contributed by atoms with E-state index in [1.54, 1.807) is 36.4 Å². The minimum Gasteiger partial charge on any atom is -0.352 e. The van der Waals surface area contributed by atoms with Gasteiger partial charge in [0, 0.05) is 31.1 Å². The molecule has 1 amide bonds. The van der Waals surface area contributed by atoms with Crippen LogP contribution in [0.5, 0.6) is 0 Å². The average molecular weight is 473 g/mol. The van der Waals surface area contributed by atoms with Crippen LogP contribution in [-0.2, 0) is 23.9 Å². The zero-order valence-electron chi connectivity index (χ0n) is 17.7. The van der Waals surface area contributed by atoms with Crippen LogP contribution in [0.1, 0.15) is 30.0 Å². The number of benzene rings is 2. The molecule has 1 N–H and O–H groups in total. The summed E-state index contributed by atoms with van der Waals surface area (Å²) in [7, 11) is 0. The Balaban J connectivity index is 1.21. The molecule has 0 unspecified atom stereocenters. The summed E-state index contributed by atoms with van der Waals surface area (Å²) in [5.41, 5.74) is 0.941. The number of hydrogen-bond donors (Lipinski definition) is 1. The highest BCUT2D eigenvalue weighted by Crippen LogP contribution is 2.27. The quantitative estimate of drug-likeness (QED) is 0.375. The highest BCUT2D eigenvalue weighted by molar-refractivity contribution is 5.75. The van der Waals surface area contributed by atoms with Gasteiger partial charge in [-0.3, -0.25) is 4.79 Å². The number of carbonyl (C=O) groups excluding carboxylic acids is 1. The van der Waals surface area contributed by atoms with Crippen LogP contribution in [0.4, 0.5) is 17.6 Å². The fourth-order valence-electron chi connectivity index (χ4n) is 3.15. The highest BCUT2D eigenvalue weighted by atomic mass is 19.4. The highest BCUT2D eigenvalue weighted by Gasteiger charge is 2.33. The molecule has 0 saturated heterocycles. The molecule has 0 aliphatic heterocycles. The number of nitrogens with zero attached hydrogens (tertiary/aromatic N) is 4. The normalized spacial score (nSPS) is 11.5. The van der Waals surface area contributed by atoms with Crippen LogP contribution in [0.15, 0.2) is 65.3 Å². The standard InChI is InChI=1S/C23H19F4N5O2/c24-17-8-6-16(7-9-17)22-29-21(34-31-22)3-1-2-20(33)28-14-15-4-10-18(11-5-15)32-13-12-19(30-32)23(25,26)27/h4-13H,1-3,14H2,(H,28,33). The second kappa shape index (κ2) is 9.86. The molecule has 34 heavy (non-hydrogen) atoms. The molecular weight excluding hydrogens is 454 g/mol. The van der Waals surface area contributed by atoms with Crippen molar-refractivity contribution in [1.29, 1.82) is 0 Å². The second-order valence-corrected chi connectivity index (χ2v) is 7.46. The van der Waals surface area contributed by atoms with Crippen molar-refractivity contribution in [3.05, 3.63) is 83.8 Å². The Morgan fingerprint density at radius 2 is 1.76 bits per heavy atom. The maximum absolute atomic E-state index is 13.0. The van der Waals surface area contributed by atoms with Crippen molar-refractivity contribution < 1.29 is 26.9 Å². The Kier molecular flexibility index (Phi) is 6.71. The van der Waals surface area contributed by atoms with E-state index in [0.717, 1.165) is 16.3 Å². The van der Waals surface area contributed by atoms with E-state index in [-0.39, 0.29) is 24.7 Å². The lowest BCUT2D eigenvalue weighted by Crippen LogP contribution is -2.22. The summed E-state index contributed by atoms with van der Waals surface area (Å²) in [4.78, 5) is 16.4. The van der Waals surface area contributed by atoms with Crippen molar-refractivity contribution in [2.45, 2.75) is 32.0 Å². The summed E-state index contributed by atoms with van der Waals surface area (Å²) in [6.45, 7) is 0.279. The molecule has 4 aromatic rings. The molecule has 2 aromatic heterocycles. The predicted molar refractivity (Wildman–Crippen MR) is 113 cm³/mol. The van der Waals surface area contributed by atoms with Crippen molar-refractivity contribution in [2.24, 2.45) is 0 Å². The zero-order valence-corrected chi connectivity index (χ0v) is 17.7. The first-order valence-corrected chi connectivity index (χ1v) is 10.4. The lowest BCUT2D eigenvalue weighted by Gasteiger charge is -2.07. The summed E-state index contributed by atoms with van der Waals surface area (Å²) < 4.78 is 57.4. The average Bonchev–Trinajstić information content (AvgIpc) is 3.49. The molecule has 0 fully saturated rings. The Hall–Kier alpha value is -4.02. The van der Waals surface area contributed by atoms with Gasteiger partial charge in [0.05, 0.1) is 5.69 Å². The van der Waals surface area contributed by atoms with Gasteiger partial charge in [-0.25, -0.2) is 9.07 Å². The number of carbonyl (C=O) groups is 1. The third-order valence-electron chi connectivity index (χ3n) is 4.94. The molecule has 11 heteroatoms. The summed E-state index contributed by atoms with van der Waals surface area (Å²) in [6, 6.07) is 13.3. The summed E-state index contributed by atoms with van der Waals surface area (Å²) >= 11 is 0. The van der Waals surface area contributed by atoms with Crippen molar-refractivity contribution in [2.75, 3.05) is 0 Å². The van der Waals surface area contributed by atoms with Crippen LogP contribution >= 0.6 is 0 Å². The van der Waals surface area contributed by atoms with Gasteiger partial charge in [-0.2, -0.15) is 23.3 Å². The number of hydrogen-bond acceptors (Lipinski definition) is 5. The molecular formula is C23H19F4N5O2. The van der Waals surface area contributed by atoms with E-state index < -0.39 is 11.9 Å². The Morgan fingerprint density at radius 1 is 1.03 bits per heavy atom. The molecule has 0 atom stereocenters. The van der Waals surface area contributed by atoms with E-state index >= 15 is 0 Å². The second-order valence-electron chi connectivity index (χ2n) is 7.46. The fourth-order valence-corrected chi connectivity index (χ4v) is 3.15. The smallest absolute Gasteiger partial charge is 0.352 e. The van der Waals surface area contributed by atoms with Gasteiger partial charge in [0.15, 0.2) is 5.69 Å². The van der Waals surface area contributed by atoms with E-state index in [2.05, 4.69) is 20.6 Å². The maximum atomic E-state index is 13.0. The molecule has 176 valence electrons. The van der Waals surface area contributed by atoms with Crippen LogP contribution < -0.4 is 5.32 Å². The number of alkyl halides is 3. The monoisotopic (exact) mass is 473 g/mol. The van der Waals surface area contributed by atoms with E-state index in [0.29, 0.717) is 35.8 Å². The van der Waals surface area contributed by atoms with Crippen LogP contribution in [0, 0.1) is 5.82 Å². The predicted octanol–water partition coefficient (Wildman–Crippen LogP) is 4.72. The lowest BCUT2D eigenvalue weighted by molar-refractivity contribution is -0.141. The van der Waals surface area contributed by atoms with Crippen LogP contribution in [-0.4, -0.2) is 25.8 Å². The maximum Gasteiger partial charge on any atom is 0.435 e. The van der Waals surface area contributed by atoms with Gasteiger partial charge in [-0.15, -0.1) is 0 Å². The van der Waals surface area contributed by atoms with Gasteiger partial charge in [0.1, 0.15) is 5.82 Å². The molecule has 0 bridgehead atoms. The van der Waals surface area contributed by atoms with Crippen LogP contribution in [0.25, 0.3) is 17.1 Å². The van der Waals surface area contributed by atoms with Gasteiger partial charge in [0.25, 0.3) is 0 Å². The van der Waals surface area contributed by atoms with Crippen LogP contribution in [0.2, 0.25) is 0 Å². The molecule has 0 aliphatic rings. The molecule has 0 aliphatic carbocycles. The first kappa shape index (κ1) is 23.1. The molecule has 0 spiro atoms. The Morgan fingerprint density at radius 3 is 2.44 bits per heavy atom. The molecule has 0 radical (unpaired) electrons. The third kappa shape index (κ3) is 5.85. The summed E-state index contributed by atoms with van der Waals surface area (Å²) in [5, 5.41) is 10.2. The number of halogens is 4. The number of aromatic nitrogens is 4. The number of amides is 1. The van der Waals surface area contributed by atoms with E-state index in [1.807, 2.05) is 0 Å². The number of aryl methyl sites for hydroxylation is 1. The van der Waals surface area contributed by atoms with Crippen molar-refractivity contribution in [1.82, 2.24) is 25.2 Å². The Bertz CT molecular complexity index is 1250. The lowest BCUT2D eigenvalue weighted by atomic mass is 10.2. The third-order valence-corrected chi connectivity index (χ3v) is 4.94. The topological polar surface area (TPSA) is 85.8 Å².